The SMILES string of the molecule is C[C@H](NC(=O)c1ccc2c(c1)c1ccc(Cl)cc1c(=O)n2-c1ccc(C(F)(F)F)cc1)c1ccccn1. The van der Waals surface area contributed by atoms with Crippen LogP contribution >= 0.6 is 11.6 Å². The molecule has 5 rings (SSSR count). The van der Waals surface area contributed by atoms with Gasteiger partial charge in [0.15, 0.2) is 0 Å². The lowest BCUT2D eigenvalue weighted by molar-refractivity contribution is -0.137. The molecule has 9 heteroatoms. The van der Waals surface area contributed by atoms with Crippen molar-refractivity contribution in [2.24, 2.45) is 0 Å². The lowest BCUT2D eigenvalue weighted by Gasteiger charge is -2.16. The molecule has 0 unspecified atom stereocenters. The van der Waals surface area contributed by atoms with Crippen LogP contribution in [0.2, 0.25) is 5.02 Å². The number of aromatic nitrogens is 2. The maximum Gasteiger partial charge on any atom is 0.416 e. The van der Waals surface area contributed by atoms with Gasteiger partial charge in [-0.2, -0.15) is 13.2 Å². The molecule has 5 aromatic rings. The van der Waals surface area contributed by atoms with Crippen molar-refractivity contribution in [3.05, 3.63) is 117 Å². The number of nitrogens with zero attached hydrogens (tertiary/aromatic N) is 2. The molecule has 5 nitrogen and oxygen atoms in total. The van der Waals surface area contributed by atoms with Gasteiger partial charge in [-0.1, -0.05) is 23.7 Å². The summed E-state index contributed by atoms with van der Waals surface area (Å²) < 4.78 is 40.6. The van der Waals surface area contributed by atoms with Crippen LogP contribution in [-0.2, 0) is 6.18 Å². The standard InChI is InChI=1S/C28H19ClF3N3O2/c1-16(24-4-2-3-13-33-24)34-26(36)17-5-12-25-22(14-17)21-11-8-19(29)15-23(21)27(37)35(25)20-9-6-18(7-10-20)28(30,31)32/h2-16H,1H3,(H,34,36)/t16-/m0/s1. The van der Waals surface area contributed by atoms with Gasteiger partial charge < -0.3 is 5.32 Å². The van der Waals surface area contributed by atoms with E-state index in [4.69, 9.17) is 11.6 Å². The smallest absolute Gasteiger partial charge is 0.344 e. The molecule has 0 saturated carbocycles. The molecule has 1 amide bonds. The maximum absolute atomic E-state index is 13.5. The first kappa shape index (κ1) is 24.5. The van der Waals surface area contributed by atoms with Crippen molar-refractivity contribution < 1.29 is 18.0 Å². The zero-order valence-electron chi connectivity index (χ0n) is 19.4. The summed E-state index contributed by atoms with van der Waals surface area (Å²) in [5.41, 5.74) is 0.487. The third-order valence-corrected chi connectivity index (χ3v) is 6.37. The predicted molar refractivity (Wildman–Crippen MR) is 137 cm³/mol. The van der Waals surface area contributed by atoms with Gasteiger partial charge in [0, 0.05) is 33.2 Å². The van der Waals surface area contributed by atoms with Crippen LogP contribution in [0, 0.1) is 0 Å². The fourth-order valence-corrected chi connectivity index (χ4v) is 4.46. The summed E-state index contributed by atoms with van der Waals surface area (Å²) in [6.45, 7) is 1.82. The van der Waals surface area contributed by atoms with E-state index in [1.807, 2.05) is 19.1 Å². The van der Waals surface area contributed by atoms with Crippen molar-refractivity contribution in [3.8, 4) is 5.69 Å². The van der Waals surface area contributed by atoms with Gasteiger partial charge in [-0.3, -0.25) is 19.1 Å². The summed E-state index contributed by atoms with van der Waals surface area (Å²) in [5, 5.41) is 4.67. The van der Waals surface area contributed by atoms with Crippen LogP contribution in [0.15, 0.2) is 89.9 Å². The van der Waals surface area contributed by atoms with Crippen LogP contribution in [0.3, 0.4) is 0 Å². The largest absolute Gasteiger partial charge is 0.416 e. The summed E-state index contributed by atoms with van der Waals surface area (Å²) >= 11 is 6.17. The highest BCUT2D eigenvalue weighted by molar-refractivity contribution is 6.31. The number of nitrogens with one attached hydrogen (secondary N) is 1. The first-order valence-corrected chi connectivity index (χ1v) is 11.7. The Kier molecular flexibility index (Phi) is 6.21. The minimum atomic E-state index is -4.50. The summed E-state index contributed by atoms with van der Waals surface area (Å²) in [7, 11) is 0. The molecule has 3 aromatic carbocycles. The average molecular weight is 522 g/mol. The molecule has 2 heterocycles. The van der Waals surface area contributed by atoms with E-state index in [2.05, 4.69) is 10.3 Å². The Bertz CT molecular complexity index is 1700. The molecule has 0 aliphatic rings. The number of halogens is 4. The number of amides is 1. The number of carbonyl (C=O) groups is 1. The van der Waals surface area contributed by atoms with Gasteiger partial charge in [-0.25, -0.2) is 0 Å². The van der Waals surface area contributed by atoms with Gasteiger partial charge in [0.2, 0.25) is 0 Å². The van der Waals surface area contributed by atoms with E-state index in [0.29, 0.717) is 32.6 Å². The van der Waals surface area contributed by atoms with Gasteiger partial charge in [0.25, 0.3) is 11.5 Å². The van der Waals surface area contributed by atoms with Crippen molar-refractivity contribution in [1.82, 2.24) is 14.9 Å². The summed E-state index contributed by atoms with van der Waals surface area (Å²) in [5.74, 6) is -0.338. The quantitative estimate of drug-likeness (QED) is 0.268. The number of hydrogen-bond acceptors (Lipinski definition) is 3. The topological polar surface area (TPSA) is 64.0 Å². The monoisotopic (exact) mass is 521 g/mol. The number of alkyl halides is 3. The highest BCUT2D eigenvalue weighted by Gasteiger charge is 2.30. The van der Waals surface area contributed by atoms with Crippen molar-refractivity contribution >= 4 is 39.2 Å². The first-order chi connectivity index (χ1) is 17.6. The van der Waals surface area contributed by atoms with Crippen LogP contribution in [0.25, 0.3) is 27.4 Å². The molecule has 0 aliphatic heterocycles. The molecule has 0 fully saturated rings. The van der Waals surface area contributed by atoms with Crippen LogP contribution in [0.5, 0.6) is 0 Å². The third-order valence-electron chi connectivity index (χ3n) is 6.14. The van der Waals surface area contributed by atoms with Crippen molar-refractivity contribution in [1.29, 1.82) is 0 Å². The Balaban J connectivity index is 1.66. The maximum atomic E-state index is 13.5. The molecule has 186 valence electrons. The van der Waals surface area contributed by atoms with Crippen molar-refractivity contribution in [2.45, 2.75) is 19.1 Å². The Morgan fingerprint density at radius 2 is 1.70 bits per heavy atom. The average Bonchev–Trinajstić information content (AvgIpc) is 2.89. The molecule has 2 aromatic heterocycles. The molecule has 0 spiro atoms. The van der Waals surface area contributed by atoms with Crippen LogP contribution in [0.1, 0.15) is 34.6 Å². The minimum absolute atomic E-state index is 0.255. The number of pyridine rings is 2. The second-order valence-electron chi connectivity index (χ2n) is 8.56. The number of benzene rings is 3. The van der Waals surface area contributed by atoms with Crippen LogP contribution in [0.4, 0.5) is 13.2 Å². The molecule has 0 radical (unpaired) electrons. The summed E-state index contributed by atoms with van der Waals surface area (Å²) in [6, 6.07) is 19.1. The number of rotatable bonds is 4. The predicted octanol–water partition coefficient (Wildman–Crippen LogP) is 6.70. The molecule has 37 heavy (non-hydrogen) atoms. The zero-order valence-corrected chi connectivity index (χ0v) is 20.1. The molecular weight excluding hydrogens is 503 g/mol. The highest BCUT2D eigenvalue weighted by Crippen LogP contribution is 2.31. The number of fused-ring (bicyclic) bond motifs is 3. The van der Waals surface area contributed by atoms with E-state index in [1.54, 1.807) is 42.6 Å². The summed E-state index contributed by atoms with van der Waals surface area (Å²) in [6.07, 6.45) is -2.86. The van der Waals surface area contributed by atoms with Crippen LogP contribution < -0.4 is 10.9 Å². The Labute approximate surface area is 214 Å². The van der Waals surface area contributed by atoms with Gasteiger partial charge in [0.1, 0.15) is 0 Å². The second-order valence-corrected chi connectivity index (χ2v) is 8.99. The zero-order chi connectivity index (χ0) is 26.3. The Morgan fingerprint density at radius 1 is 0.946 bits per heavy atom. The van der Waals surface area contributed by atoms with Crippen molar-refractivity contribution in [2.75, 3.05) is 0 Å². The van der Waals surface area contributed by atoms with E-state index in [1.165, 1.54) is 22.8 Å². The molecule has 0 bridgehead atoms. The van der Waals surface area contributed by atoms with Crippen molar-refractivity contribution in [3.63, 3.8) is 0 Å². The third kappa shape index (κ3) is 4.68. The minimum Gasteiger partial charge on any atom is -0.344 e. The molecule has 1 atom stereocenters. The van der Waals surface area contributed by atoms with E-state index in [-0.39, 0.29) is 23.0 Å². The van der Waals surface area contributed by atoms with E-state index in [0.717, 1.165) is 12.1 Å². The fourth-order valence-electron chi connectivity index (χ4n) is 4.29. The molecule has 1 N–H and O–H groups in total. The number of hydrogen-bond donors (Lipinski definition) is 1. The lowest BCUT2D eigenvalue weighted by atomic mass is 10.0. The van der Waals surface area contributed by atoms with Gasteiger partial charge in [-0.15, -0.1) is 0 Å². The van der Waals surface area contributed by atoms with Gasteiger partial charge >= 0.3 is 6.18 Å². The molecular formula is C28H19ClF3N3O2. The number of carbonyl (C=O) groups excluding carboxylic acids is 1. The molecule has 0 aliphatic carbocycles. The lowest BCUT2D eigenvalue weighted by Crippen LogP contribution is -2.27. The fraction of sp³-hybridized carbons (Fsp3) is 0.107. The molecule has 0 saturated heterocycles. The normalized spacial score (nSPS) is 12.6. The van der Waals surface area contributed by atoms with E-state index >= 15 is 0 Å². The Morgan fingerprint density at radius 3 is 2.38 bits per heavy atom. The van der Waals surface area contributed by atoms with Crippen LogP contribution in [-0.4, -0.2) is 15.5 Å². The van der Waals surface area contributed by atoms with Gasteiger partial charge in [-0.05, 0) is 79.0 Å². The van der Waals surface area contributed by atoms with E-state index in [9.17, 15) is 22.8 Å². The highest BCUT2D eigenvalue weighted by atomic mass is 35.5. The van der Waals surface area contributed by atoms with Gasteiger partial charge in [0.05, 0.1) is 22.8 Å². The second kappa shape index (κ2) is 9.37. The Hall–Kier alpha value is -4.17. The van der Waals surface area contributed by atoms with E-state index < -0.39 is 17.3 Å². The first-order valence-electron chi connectivity index (χ1n) is 11.3. The summed E-state index contributed by atoms with van der Waals surface area (Å²) in [4.78, 5) is 30.8.